The molecule has 136 valence electrons. The molecule has 0 unspecified atom stereocenters. The number of urea groups is 1. The van der Waals surface area contributed by atoms with Crippen molar-refractivity contribution in [1.29, 1.82) is 0 Å². The zero-order valence-corrected chi connectivity index (χ0v) is 15.3. The molecule has 9 heteroatoms. The number of anilines is 3. The molecule has 0 atom stereocenters. The smallest absolute Gasteiger partial charge is 0.322 e. The Hall–Kier alpha value is -3.16. The molecular formula is C18H13Cl2N5O2. The van der Waals surface area contributed by atoms with E-state index in [2.05, 4.69) is 25.9 Å². The highest BCUT2D eigenvalue weighted by Crippen LogP contribution is 2.25. The molecule has 2 aromatic heterocycles. The molecule has 0 bridgehead atoms. The van der Waals surface area contributed by atoms with E-state index in [0.29, 0.717) is 11.4 Å². The van der Waals surface area contributed by atoms with Crippen molar-refractivity contribution in [2.75, 3.05) is 16.0 Å². The van der Waals surface area contributed by atoms with Gasteiger partial charge in [-0.05, 0) is 30.3 Å². The van der Waals surface area contributed by atoms with Crippen LogP contribution in [0.25, 0.3) is 0 Å². The third-order valence-corrected chi connectivity index (χ3v) is 4.00. The molecule has 1 aromatic carbocycles. The third-order valence-electron chi connectivity index (χ3n) is 3.37. The van der Waals surface area contributed by atoms with Gasteiger partial charge in [0.15, 0.2) is 0 Å². The quantitative estimate of drug-likeness (QED) is 0.591. The number of halogens is 2. The molecule has 0 aliphatic rings. The van der Waals surface area contributed by atoms with E-state index in [0.717, 1.165) is 0 Å². The van der Waals surface area contributed by atoms with Crippen LogP contribution in [0.3, 0.4) is 0 Å². The van der Waals surface area contributed by atoms with Gasteiger partial charge in [-0.2, -0.15) is 0 Å². The highest BCUT2D eigenvalue weighted by molar-refractivity contribution is 6.40. The molecule has 3 amide bonds. The fraction of sp³-hybridized carbons (Fsp3) is 0. The Morgan fingerprint density at radius 3 is 2.33 bits per heavy atom. The van der Waals surface area contributed by atoms with Crippen LogP contribution in [0.15, 0.2) is 61.1 Å². The first-order chi connectivity index (χ1) is 13.0. The van der Waals surface area contributed by atoms with Gasteiger partial charge in [0.2, 0.25) is 0 Å². The summed E-state index contributed by atoms with van der Waals surface area (Å²) >= 11 is 12.1. The minimum atomic E-state index is -0.492. The maximum absolute atomic E-state index is 12.4. The Bertz CT molecular complexity index is 962. The summed E-state index contributed by atoms with van der Waals surface area (Å²) in [7, 11) is 0. The molecule has 7 nitrogen and oxygen atoms in total. The zero-order valence-electron chi connectivity index (χ0n) is 13.7. The van der Waals surface area contributed by atoms with Crippen molar-refractivity contribution in [2.45, 2.75) is 0 Å². The summed E-state index contributed by atoms with van der Waals surface area (Å²) < 4.78 is 0. The fourth-order valence-electron chi connectivity index (χ4n) is 2.20. The number of amides is 3. The van der Waals surface area contributed by atoms with Gasteiger partial charge in [0.05, 0.1) is 27.5 Å². The maximum Gasteiger partial charge on any atom is 0.324 e. The Balaban J connectivity index is 1.68. The Morgan fingerprint density at radius 1 is 0.852 bits per heavy atom. The van der Waals surface area contributed by atoms with Crippen LogP contribution in [0.1, 0.15) is 10.4 Å². The van der Waals surface area contributed by atoms with Gasteiger partial charge in [-0.25, -0.2) is 9.78 Å². The van der Waals surface area contributed by atoms with Crippen LogP contribution in [0.4, 0.5) is 22.0 Å². The number of nitrogens with one attached hydrogen (secondary N) is 3. The summed E-state index contributed by atoms with van der Waals surface area (Å²) in [6, 6.07) is 10.8. The number of carbonyl (C=O) groups is 2. The van der Waals surface area contributed by atoms with E-state index < -0.39 is 11.9 Å². The van der Waals surface area contributed by atoms with Crippen LogP contribution in [0.2, 0.25) is 10.0 Å². The number of benzene rings is 1. The number of pyridine rings is 2. The van der Waals surface area contributed by atoms with E-state index in [-0.39, 0.29) is 21.4 Å². The molecule has 0 saturated carbocycles. The predicted octanol–water partition coefficient (Wildman–Crippen LogP) is 4.68. The molecule has 0 fully saturated rings. The third kappa shape index (κ3) is 4.93. The Morgan fingerprint density at radius 2 is 1.63 bits per heavy atom. The summed E-state index contributed by atoms with van der Waals surface area (Å²) in [5, 5.41) is 8.34. The van der Waals surface area contributed by atoms with E-state index in [1.807, 2.05) is 0 Å². The summed E-state index contributed by atoms with van der Waals surface area (Å²) in [5.41, 5.74) is 1.12. The molecule has 2 heterocycles. The van der Waals surface area contributed by atoms with Gasteiger partial charge in [0.25, 0.3) is 5.91 Å². The number of nitrogens with zero attached hydrogens (tertiary/aromatic N) is 2. The van der Waals surface area contributed by atoms with Crippen LogP contribution in [0.5, 0.6) is 0 Å². The molecule has 3 N–H and O–H groups in total. The Kier molecular flexibility index (Phi) is 5.85. The second-order valence-corrected chi connectivity index (χ2v) is 6.12. The summed E-state index contributed by atoms with van der Waals surface area (Å²) in [4.78, 5) is 32.4. The number of carbonyl (C=O) groups excluding carboxylic acids is 2. The van der Waals surface area contributed by atoms with E-state index in [9.17, 15) is 9.59 Å². The van der Waals surface area contributed by atoms with Crippen LogP contribution >= 0.6 is 23.2 Å². The molecule has 0 aliphatic carbocycles. The van der Waals surface area contributed by atoms with Crippen molar-refractivity contribution >= 4 is 52.3 Å². The van der Waals surface area contributed by atoms with Crippen LogP contribution < -0.4 is 16.0 Å². The van der Waals surface area contributed by atoms with Gasteiger partial charge in [-0.1, -0.05) is 29.3 Å². The largest absolute Gasteiger partial charge is 0.324 e. The lowest BCUT2D eigenvalue weighted by molar-refractivity contribution is 0.102. The standard InChI is InChI=1S/C18H13Cl2N5O2/c19-13-4-1-5-14(20)16(13)17(26)23-11-6-8-22-15(9-11)25-18(27)24-12-3-2-7-21-10-12/h1-10H,(H3,22,23,24,25,26,27). The molecule has 0 radical (unpaired) electrons. The van der Waals surface area contributed by atoms with E-state index in [1.165, 1.54) is 18.5 Å². The Labute approximate surface area is 164 Å². The monoisotopic (exact) mass is 401 g/mol. The van der Waals surface area contributed by atoms with Crippen LogP contribution in [-0.2, 0) is 0 Å². The van der Waals surface area contributed by atoms with Crippen molar-refractivity contribution in [3.05, 3.63) is 76.7 Å². The zero-order chi connectivity index (χ0) is 19.2. The average molecular weight is 402 g/mol. The van der Waals surface area contributed by atoms with E-state index in [1.54, 1.807) is 42.6 Å². The van der Waals surface area contributed by atoms with Gasteiger partial charge in [-0.3, -0.25) is 15.1 Å². The van der Waals surface area contributed by atoms with Crippen molar-refractivity contribution in [3.63, 3.8) is 0 Å². The minimum Gasteiger partial charge on any atom is -0.322 e. The lowest BCUT2D eigenvalue weighted by atomic mass is 10.2. The fourth-order valence-corrected chi connectivity index (χ4v) is 2.77. The molecule has 0 spiro atoms. The van der Waals surface area contributed by atoms with Gasteiger partial charge in [-0.15, -0.1) is 0 Å². The molecular weight excluding hydrogens is 389 g/mol. The summed E-state index contributed by atoms with van der Waals surface area (Å²) in [6.45, 7) is 0. The van der Waals surface area contributed by atoms with Gasteiger partial charge < -0.3 is 10.6 Å². The van der Waals surface area contributed by atoms with E-state index in [4.69, 9.17) is 23.2 Å². The van der Waals surface area contributed by atoms with E-state index >= 15 is 0 Å². The number of hydrogen-bond donors (Lipinski definition) is 3. The number of rotatable bonds is 4. The summed E-state index contributed by atoms with van der Waals surface area (Å²) in [5.74, 6) is -0.220. The van der Waals surface area contributed by atoms with Crippen molar-refractivity contribution in [1.82, 2.24) is 9.97 Å². The SMILES string of the molecule is O=C(Nc1cccnc1)Nc1cc(NC(=O)c2c(Cl)cccc2Cl)ccn1. The molecule has 3 aromatic rings. The first-order valence-corrected chi connectivity index (χ1v) is 8.48. The molecule has 0 saturated heterocycles. The molecule has 3 rings (SSSR count). The van der Waals surface area contributed by atoms with Crippen molar-refractivity contribution < 1.29 is 9.59 Å². The second-order valence-electron chi connectivity index (χ2n) is 5.30. The lowest BCUT2D eigenvalue weighted by Gasteiger charge is -2.10. The first kappa shape index (κ1) is 18.6. The number of hydrogen-bond acceptors (Lipinski definition) is 4. The van der Waals surface area contributed by atoms with Gasteiger partial charge >= 0.3 is 6.03 Å². The predicted molar refractivity (Wildman–Crippen MR) is 106 cm³/mol. The lowest BCUT2D eigenvalue weighted by Crippen LogP contribution is -2.20. The molecule has 27 heavy (non-hydrogen) atoms. The highest BCUT2D eigenvalue weighted by atomic mass is 35.5. The van der Waals surface area contributed by atoms with Crippen molar-refractivity contribution in [2.24, 2.45) is 0 Å². The van der Waals surface area contributed by atoms with Crippen LogP contribution in [-0.4, -0.2) is 21.9 Å². The number of aromatic nitrogens is 2. The topological polar surface area (TPSA) is 96.0 Å². The second kappa shape index (κ2) is 8.48. The average Bonchev–Trinajstić information content (AvgIpc) is 2.62. The first-order valence-electron chi connectivity index (χ1n) is 7.72. The molecule has 0 aliphatic heterocycles. The van der Waals surface area contributed by atoms with Crippen LogP contribution in [0, 0.1) is 0 Å². The van der Waals surface area contributed by atoms with Crippen molar-refractivity contribution in [3.8, 4) is 0 Å². The van der Waals surface area contributed by atoms with Gasteiger partial charge in [0, 0.05) is 24.1 Å². The minimum absolute atomic E-state index is 0.168. The maximum atomic E-state index is 12.4. The summed E-state index contributed by atoms with van der Waals surface area (Å²) in [6.07, 6.45) is 4.56. The van der Waals surface area contributed by atoms with Gasteiger partial charge in [0.1, 0.15) is 5.82 Å². The normalized spacial score (nSPS) is 10.1. The highest BCUT2D eigenvalue weighted by Gasteiger charge is 2.15.